The van der Waals surface area contributed by atoms with Crippen LogP contribution in [0.1, 0.15) is 31.2 Å². The van der Waals surface area contributed by atoms with E-state index in [2.05, 4.69) is 40.2 Å². The summed E-state index contributed by atoms with van der Waals surface area (Å²) in [5.74, 6) is 0.885. The summed E-state index contributed by atoms with van der Waals surface area (Å²) in [6, 6.07) is 12.9. The first kappa shape index (κ1) is 18.6. The highest BCUT2D eigenvalue weighted by molar-refractivity contribution is 5.75. The van der Waals surface area contributed by atoms with Gasteiger partial charge in [-0.3, -0.25) is 14.7 Å². The molecule has 0 saturated carbocycles. The van der Waals surface area contributed by atoms with E-state index in [9.17, 15) is 4.79 Å². The lowest BCUT2D eigenvalue weighted by atomic mass is 9.93. The van der Waals surface area contributed by atoms with Crippen LogP contribution in [0.5, 0.6) is 0 Å². The van der Waals surface area contributed by atoms with Crippen LogP contribution in [0.4, 0.5) is 0 Å². The molecule has 0 radical (unpaired) electrons. The standard InChI is InChI=1S/C22H29N3O/c1-24(2)22(26)12-9-18-5-4-14-25(16-18)17-19-7-10-20(11-8-19)21-6-3-13-23-15-21/h3,6-8,10-11,13,15,18H,4-5,9,12,14,16-17H2,1-2H3/t18-/m1/s1. The van der Waals surface area contributed by atoms with Gasteiger partial charge in [0.15, 0.2) is 0 Å². The Morgan fingerprint density at radius 3 is 2.69 bits per heavy atom. The Kier molecular flexibility index (Phi) is 6.40. The fraction of sp³-hybridized carbons (Fsp3) is 0.455. The minimum absolute atomic E-state index is 0.244. The maximum Gasteiger partial charge on any atom is 0.222 e. The van der Waals surface area contributed by atoms with E-state index in [1.54, 1.807) is 11.1 Å². The van der Waals surface area contributed by atoms with Gasteiger partial charge in [-0.15, -0.1) is 0 Å². The normalized spacial score (nSPS) is 17.8. The first-order valence-electron chi connectivity index (χ1n) is 9.53. The molecule has 0 spiro atoms. The molecule has 0 aliphatic carbocycles. The number of nitrogens with zero attached hydrogens (tertiary/aromatic N) is 3. The Hall–Kier alpha value is -2.20. The number of likely N-dealkylation sites (tertiary alicyclic amines) is 1. The second-order valence-electron chi connectivity index (χ2n) is 7.51. The van der Waals surface area contributed by atoms with Gasteiger partial charge in [0.05, 0.1) is 0 Å². The Balaban J connectivity index is 1.53. The van der Waals surface area contributed by atoms with Crippen molar-refractivity contribution in [2.45, 2.75) is 32.2 Å². The van der Waals surface area contributed by atoms with Gasteiger partial charge in [-0.2, -0.15) is 0 Å². The third-order valence-electron chi connectivity index (χ3n) is 5.22. The van der Waals surface area contributed by atoms with Crippen LogP contribution in [0.3, 0.4) is 0 Å². The minimum atomic E-state index is 0.244. The zero-order valence-corrected chi connectivity index (χ0v) is 15.9. The van der Waals surface area contributed by atoms with E-state index in [1.807, 2.05) is 26.4 Å². The molecule has 1 fully saturated rings. The predicted molar refractivity (Wildman–Crippen MR) is 106 cm³/mol. The average Bonchev–Trinajstić information content (AvgIpc) is 2.67. The Labute approximate surface area is 156 Å². The number of aromatic nitrogens is 1. The van der Waals surface area contributed by atoms with Gasteiger partial charge in [0, 0.05) is 46.0 Å². The maximum absolute atomic E-state index is 11.8. The summed E-state index contributed by atoms with van der Waals surface area (Å²) in [6.45, 7) is 3.25. The number of hydrogen-bond donors (Lipinski definition) is 0. The number of pyridine rings is 1. The second-order valence-corrected chi connectivity index (χ2v) is 7.51. The minimum Gasteiger partial charge on any atom is -0.349 e. The van der Waals surface area contributed by atoms with Crippen LogP contribution in [0.25, 0.3) is 11.1 Å². The highest BCUT2D eigenvalue weighted by Gasteiger charge is 2.21. The SMILES string of the molecule is CN(C)C(=O)CC[C@H]1CCCN(Cc2ccc(-c3cccnc3)cc2)C1. The molecule has 1 atom stereocenters. The van der Waals surface area contributed by atoms with Crippen LogP contribution in [-0.4, -0.2) is 47.9 Å². The van der Waals surface area contributed by atoms with Crippen molar-refractivity contribution in [1.29, 1.82) is 0 Å². The van der Waals surface area contributed by atoms with Gasteiger partial charge >= 0.3 is 0 Å². The highest BCUT2D eigenvalue weighted by atomic mass is 16.2. The van der Waals surface area contributed by atoms with Gasteiger partial charge in [0.1, 0.15) is 0 Å². The molecule has 138 valence electrons. The Morgan fingerprint density at radius 1 is 1.19 bits per heavy atom. The second kappa shape index (κ2) is 8.95. The molecule has 1 aromatic carbocycles. The quantitative estimate of drug-likeness (QED) is 0.794. The first-order valence-corrected chi connectivity index (χ1v) is 9.53. The molecular formula is C22H29N3O. The highest BCUT2D eigenvalue weighted by Crippen LogP contribution is 2.24. The van der Waals surface area contributed by atoms with Crippen molar-refractivity contribution in [2.75, 3.05) is 27.2 Å². The predicted octanol–water partition coefficient (Wildman–Crippen LogP) is 3.83. The Bertz CT molecular complexity index is 697. The number of carbonyl (C=O) groups excluding carboxylic acids is 1. The molecule has 4 nitrogen and oxygen atoms in total. The van der Waals surface area contributed by atoms with E-state index in [4.69, 9.17) is 0 Å². The third-order valence-corrected chi connectivity index (χ3v) is 5.22. The van der Waals surface area contributed by atoms with Gasteiger partial charge in [-0.25, -0.2) is 0 Å². The van der Waals surface area contributed by atoms with E-state index in [0.29, 0.717) is 12.3 Å². The number of amides is 1. The average molecular weight is 351 g/mol. The number of carbonyl (C=O) groups is 1. The van der Waals surface area contributed by atoms with Crippen molar-refractivity contribution in [3.63, 3.8) is 0 Å². The molecule has 1 saturated heterocycles. The van der Waals surface area contributed by atoms with Crippen LogP contribution < -0.4 is 0 Å². The third kappa shape index (κ3) is 5.15. The summed E-state index contributed by atoms with van der Waals surface area (Å²) in [4.78, 5) is 20.2. The van der Waals surface area contributed by atoms with E-state index >= 15 is 0 Å². The maximum atomic E-state index is 11.8. The molecule has 1 aromatic heterocycles. The summed E-state index contributed by atoms with van der Waals surface area (Å²) in [6.07, 6.45) is 7.86. The molecule has 1 aliphatic rings. The molecule has 1 amide bonds. The molecule has 3 rings (SSSR count). The van der Waals surface area contributed by atoms with Crippen molar-refractivity contribution >= 4 is 5.91 Å². The summed E-state index contributed by atoms with van der Waals surface area (Å²) in [5, 5.41) is 0. The van der Waals surface area contributed by atoms with Gasteiger partial charge < -0.3 is 4.90 Å². The van der Waals surface area contributed by atoms with Gasteiger partial charge in [0.2, 0.25) is 5.91 Å². The molecule has 2 aromatic rings. The first-order chi connectivity index (χ1) is 12.6. The zero-order valence-electron chi connectivity index (χ0n) is 15.9. The lowest BCUT2D eigenvalue weighted by Crippen LogP contribution is -2.35. The van der Waals surface area contributed by atoms with Crippen LogP contribution >= 0.6 is 0 Å². The molecule has 0 N–H and O–H groups in total. The number of hydrogen-bond acceptors (Lipinski definition) is 3. The van der Waals surface area contributed by atoms with E-state index < -0.39 is 0 Å². The van der Waals surface area contributed by atoms with Gasteiger partial charge in [-0.05, 0) is 54.5 Å². The summed E-state index contributed by atoms with van der Waals surface area (Å²) < 4.78 is 0. The van der Waals surface area contributed by atoms with E-state index in [0.717, 1.165) is 31.6 Å². The zero-order chi connectivity index (χ0) is 18.4. The van der Waals surface area contributed by atoms with Crippen molar-refractivity contribution in [3.05, 3.63) is 54.4 Å². The number of benzene rings is 1. The van der Waals surface area contributed by atoms with Crippen molar-refractivity contribution < 1.29 is 4.79 Å². The summed E-state index contributed by atoms with van der Waals surface area (Å²) in [5.41, 5.74) is 3.71. The molecule has 0 unspecified atom stereocenters. The monoisotopic (exact) mass is 351 g/mol. The van der Waals surface area contributed by atoms with E-state index in [1.165, 1.54) is 24.0 Å². The number of rotatable bonds is 6. The molecule has 2 heterocycles. The lowest BCUT2D eigenvalue weighted by Gasteiger charge is -2.33. The fourth-order valence-electron chi connectivity index (χ4n) is 3.68. The van der Waals surface area contributed by atoms with E-state index in [-0.39, 0.29) is 5.91 Å². The molecule has 0 bridgehead atoms. The van der Waals surface area contributed by atoms with Gasteiger partial charge in [0.25, 0.3) is 0 Å². The fourth-order valence-corrected chi connectivity index (χ4v) is 3.68. The van der Waals surface area contributed by atoms with Crippen LogP contribution in [0.2, 0.25) is 0 Å². The summed E-state index contributed by atoms with van der Waals surface area (Å²) >= 11 is 0. The lowest BCUT2D eigenvalue weighted by molar-refractivity contribution is -0.129. The molecule has 1 aliphatic heterocycles. The summed E-state index contributed by atoms with van der Waals surface area (Å²) in [7, 11) is 3.68. The molecule has 4 heteroatoms. The van der Waals surface area contributed by atoms with Crippen molar-refractivity contribution in [2.24, 2.45) is 5.92 Å². The van der Waals surface area contributed by atoms with Crippen molar-refractivity contribution in [1.82, 2.24) is 14.8 Å². The van der Waals surface area contributed by atoms with Crippen LogP contribution in [0.15, 0.2) is 48.8 Å². The van der Waals surface area contributed by atoms with Crippen LogP contribution in [-0.2, 0) is 11.3 Å². The Morgan fingerprint density at radius 2 is 2.00 bits per heavy atom. The van der Waals surface area contributed by atoms with Crippen LogP contribution in [0, 0.1) is 5.92 Å². The van der Waals surface area contributed by atoms with Gasteiger partial charge in [-0.1, -0.05) is 30.3 Å². The molecule has 26 heavy (non-hydrogen) atoms. The van der Waals surface area contributed by atoms with Crippen molar-refractivity contribution in [3.8, 4) is 11.1 Å². The number of piperidine rings is 1. The largest absolute Gasteiger partial charge is 0.349 e. The smallest absolute Gasteiger partial charge is 0.222 e. The molecular weight excluding hydrogens is 322 g/mol. The topological polar surface area (TPSA) is 36.4 Å².